The van der Waals surface area contributed by atoms with Crippen LogP contribution in [0.3, 0.4) is 0 Å². The molecule has 0 saturated heterocycles. The Morgan fingerprint density at radius 1 is 1.05 bits per heavy atom. The number of alkyl halides is 1. The fourth-order valence-electron chi connectivity index (χ4n) is 2.78. The summed E-state index contributed by atoms with van der Waals surface area (Å²) in [5, 5.41) is 9.31. The van der Waals surface area contributed by atoms with Crippen molar-refractivity contribution in [2.75, 3.05) is 0 Å². The number of carbonyl (C=O) groups is 1. The van der Waals surface area contributed by atoms with Gasteiger partial charge in [-0.25, -0.2) is 0 Å². The summed E-state index contributed by atoms with van der Waals surface area (Å²) in [6, 6.07) is 20.0. The first kappa shape index (κ1) is 15.1. The van der Waals surface area contributed by atoms with Crippen molar-refractivity contribution in [2.24, 2.45) is 0 Å². The zero-order valence-corrected chi connectivity index (χ0v) is 12.9. The van der Waals surface area contributed by atoms with Crippen LogP contribution >= 0.6 is 11.6 Å². The molecule has 3 rings (SSSR count). The van der Waals surface area contributed by atoms with E-state index in [9.17, 15) is 9.90 Å². The van der Waals surface area contributed by atoms with Crippen molar-refractivity contribution in [2.45, 2.75) is 30.4 Å². The molecule has 1 N–H and O–H groups in total. The van der Waals surface area contributed by atoms with E-state index in [2.05, 4.69) is 29.2 Å². The van der Waals surface area contributed by atoms with Crippen molar-refractivity contribution >= 4 is 17.6 Å². The number of carboxylic acids is 1. The summed E-state index contributed by atoms with van der Waals surface area (Å²) >= 11 is 6.23. The molecular weight excluding hydrogens is 298 g/mol. The first-order chi connectivity index (χ1) is 10.6. The predicted molar refractivity (Wildman–Crippen MR) is 86.8 cm³/mol. The molecule has 1 fully saturated rings. The van der Waals surface area contributed by atoms with Gasteiger partial charge in [-0.05, 0) is 17.5 Å². The molecule has 2 aromatic carbocycles. The highest BCUT2D eigenvalue weighted by molar-refractivity contribution is 6.37. The van der Waals surface area contributed by atoms with Crippen molar-refractivity contribution in [1.82, 2.24) is 4.90 Å². The van der Waals surface area contributed by atoms with E-state index in [0.717, 1.165) is 11.1 Å². The normalized spacial score (nSPS) is 23.5. The summed E-state index contributed by atoms with van der Waals surface area (Å²) in [5.41, 5.74) is 2.32. The van der Waals surface area contributed by atoms with Gasteiger partial charge in [0.2, 0.25) is 0 Å². The van der Waals surface area contributed by atoms with E-state index in [-0.39, 0.29) is 6.04 Å². The molecule has 1 aliphatic carbocycles. The Balaban J connectivity index is 1.79. The zero-order chi connectivity index (χ0) is 15.6. The van der Waals surface area contributed by atoms with Gasteiger partial charge in [0.1, 0.15) is 0 Å². The van der Waals surface area contributed by atoms with Gasteiger partial charge >= 0.3 is 5.97 Å². The lowest BCUT2D eigenvalue weighted by Gasteiger charge is -2.23. The summed E-state index contributed by atoms with van der Waals surface area (Å²) in [6.45, 7) is 1.39. The van der Waals surface area contributed by atoms with Crippen molar-refractivity contribution < 1.29 is 9.90 Å². The molecule has 1 saturated carbocycles. The smallest absolute Gasteiger partial charge is 0.326 e. The van der Waals surface area contributed by atoms with Crippen LogP contribution in [0, 0.1) is 0 Å². The zero-order valence-electron chi connectivity index (χ0n) is 12.2. The summed E-state index contributed by atoms with van der Waals surface area (Å²) in [4.78, 5) is 12.4. The maximum Gasteiger partial charge on any atom is 0.326 e. The molecule has 22 heavy (non-hydrogen) atoms. The molecule has 3 nitrogen and oxygen atoms in total. The van der Waals surface area contributed by atoms with E-state index in [4.69, 9.17) is 11.6 Å². The van der Waals surface area contributed by atoms with Gasteiger partial charge in [0.15, 0.2) is 4.87 Å². The molecule has 0 amide bonds. The van der Waals surface area contributed by atoms with Gasteiger partial charge in [-0.15, -0.1) is 11.6 Å². The topological polar surface area (TPSA) is 40.5 Å². The van der Waals surface area contributed by atoms with Crippen LogP contribution in [-0.4, -0.2) is 26.9 Å². The van der Waals surface area contributed by atoms with Gasteiger partial charge in [0.05, 0.1) is 0 Å². The van der Waals surface area contributed by atoms with E-state index in [1.807, 2.05) is 36.4 Å². The third-order valence-electron chi connectivity index (χ3n) is 4.11. The molecule has 114 valence electrons. The highest BCUT2D eigenvalue weighted by Gasteiger charge is 2.62. The molecule has 0 aromatic heterocycles. The molecule has 0 heterocycles. The van der Waals surface area contributed by atoms with Crippen LogP contribution in [0.5, 0.6) is 0 Å². The number of rotatable bonds is 6. The molecular formula is C18H18ClNO2. The standard InChI is InChI=1S/C18H18ClNO2/c19-18(17(21)22)11-16(18)20(12-14-7-3-1-4-8-14)13-15-9-5-2-6-10-15/h1-10,16H,11-13H2,(H,21,22). The summed E-state index contributed by atoms with van der Waals surface area (Å²) in [5.74, 6) is -0.926. The van der Waals surface area contributed by atoms with Crippen molar-refractivity contribution in [3.8, 4) is 0 Å². The molecule has 0 bridgehead atoms. The molecule has 0 radical (unpaired) electrons. The SMILES string of the molecule is O=C(O)C1(Cl)CC1N(Cc1ccccc1)Cc1ccccc1. The fourth-order valence-corrected chi connectivity index (χ4v) is 3.07. The third-order valence-corrected chi connectivity index (χ3v) is 4.68. The van der Waals surface area contributed by atoms with Gasteiger partial charge in [0, 0.05) is 19.1 Å². The third kappa shape index (κ3) is 3.16. The fraction of sp³-hybridized carbons (Fsp3) is 0.278. The van der Waals surface area contributed by atoms with E-state index in [1.54, 1.807) is 0 Å². The number of aliphatic carboxylic acids is 1. The lowest BCUT2D eigenvalue weighted by Crippen LogP contribution is -2.33. The summed E-state index contributed by atoms with van der Waals surface area (Å²) in [7, 11) is 0. The van der Waals surface area contributed by atoms with Gasteiger partial charge in [-0.2, -0.15) is 0 Å². The number of nitrogens with zero attached hydrogens (tertiary/aromatic N) is 1. The minimum absolute atomic E-state index is 0.132. The predicted octanol–water partition coefficient (Wildman–Crippen LogP) is 3.52. The molecule has 2 aromatic rings. The van der Waals surface area contributed by atoms with Crippen LogP contribution in [0.1, 0.15) is 17.5 Å². The maximum absolute atomic E-state index is 11.3. The lowest BCUT2D eigenvalue weighted by atomic mass is 10.1. The Hall–Kier alpha value is -1.84. The van der Waals surface area contributed by atoms with Crippen LogP contribution in [0.2, 0.25) is 0 Å². The van der Waals surface area contributed by atoms with Crippen LogP contribution in [0.25, 0.3) is 0 Å². The average Bonchev–Trinajstić information content (AvgIpc) is 3.22. The average molecular weight is 316 g/mol. The maximum atomic E-state index is 11.3. The molecule has 4 heteroatoms. The second kappa shape index (κ2) is 6.11. The quantitative estimate of drug-likeness (QED) is 0.829. The van der Waals surface area contributed by atoms with Gasteiger partial charge < -0.3 is 5.11 Å². The van der Waals surface area contributed by atoms with Crippen LogP contribution < -0.4 is 0 Å². The van der Waals surface area contributed by atoms with E-state index in [1.165, 1.54) is 0 Å². The minimum atomic E-state index is -1.14. The van der Waals surface area contributed by atoms with E-state index >= 15 is 0 Å². The summed E-state index contributed by atoms with van der Waals surface area (Å²) < 4.78 is 0. The number of hydrogen-bond acceptors (Lipinski definition) is 2. The van der Waals surface area contributed by atoms with Crippen LogP contribution in [0.4, 0.5) is 0 Å². The van der Waals surface area contributed by atoms with Crippen molar-refractivity contribution in [3.05, 3.63) is 71.8 Å². The Morgan fingerprint density at radius 2 is 1.50 bits per heavy atom. The summed E-state index contributed by atoms with van der Waals surface area (Å²) in [6.07, 6.45) is 0.490. The number of halogens is 1. The molecule has 1 aliphatic rings. The first-order valence-corrected chi connectivity index (χ1v) is 7.71. The van der Waals surface area contributed by atoms with Crippen molar-refractivity contribution in [3.63, 3.8) is 0 Å². The van der Waals surface area contributed by atoms with E-state index < -0.39 is 10.8 Å². The highest BCUT2D eigenvalue weighted by atomic mass is 35.5. The Morgan fingerprint density at radius 3 is 1.86 bits per heavy atom. The monoisotopic (exact) mass is 315 g/mol. The second-order valence-electron chi connectivity index (χ2n) is 5.76. The minimum Gasteiger partial charge on any atom is -0.480 e. The Kier molecular flexibility index (Phi) is 4.19. The van der Waals surface area contributed by atoms with E-state index in [0.29, 0.717) is 19.5 Å². The van der Waals surface area contributed by atoms with Gasteiger partial charge in [-0.1, -0.05) is 60.7 Å². The second-order valence-corrected chi connectivity index (χ2v) is 6.44. The number of hydrogen-bond donors (Lipinski definition) is 1. The molecule has 2 atom stereocenters. The van der Waals surface area contributed by atoms with Gasteiger partial charge in [-0.3, -0.25) is 9.69 Å². The molecule has 2 unspecified atom stereocenters. The number of carboxylic acid groups (broad SMARTS) is 1. The first-order valence-electron chi connectivity index (χ1n) is 7.34. The lowest BCUT2D eigenvalue weighted by molar-refractivity contribution is -0.137. The Bertz CT molecular complexity index is 605. The molecule has 0 aliphatic heterocycles. The number of benzene rings is 2. The highest BCUT2D eigenvalue weighted by Crippen LogP contribution is 2.47. The van der Waals surface area contributed by atoms with Crippen LogP contribution in [0.15, 0.2) is 60.7 Å². The largest absolute Gasteiger partial charge is 0.480 e. The van der Waals surface area contributed by atoms with Gasteiger partial charge in [0.25, 0.3) is 0 Å². The molecule has 0 spiro atoms. The Labute approximate surface area is 135 Å². The van der Waals surface area contributed by atoms with Crippen molar-refractivity contribution in [1.29, 1.82) is 0 Å². The van der Waals surface area contributed by atoms with Crippen LogP contribution in [-0.2, 0) is 17.9 Å².